The lowest BCUT2D eigenvalue weighted by Crippen LogP contribution is -2.16. The molecular weight excluding hydrogens is 122 g/mol. The SMILES string of the molecule is CCCC(C)CCNCC. The summed E-state index contributed by atoms with van der Waals surface area (Å²) in [6.45, 7) is 9.05. The van der Waals surface area contributed by atoms with Gasteiger partial charge in [-0.05, 0) is 25.4 Å². The zero-order valence-corrected chi connectivity index (χ0v) is 7.61. The fourth-order valence-electron chi connectivity index (χ4n) is 1.16. The first kappa shape index (κ1) is 9.96. The van der Waals surface area contributed by atoms with E-state index in [2.05, 4.69) is 26.1 Å². The van der Waals surface area contributed by atoms with Gasteiger partial charge in [0, 0.05) is 0 Å². The van der Waals surface area contributed by atoms with Gasteiger partial charge >= 0.3 is 0 Å². The van der Waals surface area contributed by atoms with E-state index in [9.17, 15) is 0 Å². The largest absolute Gasteiger partial charge is 0.317 e. The molecule has 0 spiro atoms. The Labute approximate surface area is 65.2 Å². The first-order valence-corrected chi connectivity index (χ1v) is 4.52. The average Bonchev–Trinajstić information content (AvgIpc) is 1.89. The molecule has 0 radical (unpaired) electrons. The van der Waals surface area contributed by atoms with Crippen LogP contribution in [0.25, 0.3) is 0 Å². The van der Waals surface area contributed by atoms with Gasteiger partial charge in [0.2, 0.25) is 0 Å². The zero-order chi connectivity index (χ0) is 7.82. The van der Waals surface area contributed by atoms with Crippen molar-refractivity contribution in [3.05, 3.63) is 0 Å². The van der Waals surface area contributed by atoms with Crippen molar-refractivity contribution >= 4 is 0 Å². The van der Waals surface area contributed by atoms with Crippen molar-refractivity contribution in [2.24, 2.45) is 5.92 Å². The Kier molecular flexibility index (Phi) is 7.04. The smallest absolute Gasteiger partial charge is 0.00465 e. The molecule has 0 rings (SSSR count). The number of hydrogen-bond acceptors (Lipinski definition) is 1. The summed E-state index contributed by atoms with van der Waals surface area (Å²) in [5.74, 6) is 0.907. The Morgan fingerprint density at radius 2 is 1.90 bits per heavy atom. The van der Waals surface area contributed by atoms with Gasteiger partial charge in [-0.2, -0.15) is 0 Å². The van der Waals surface area contributed by atoms with Crippen LogP contribution in [0.4, 0.5) is 0 Å². The minimum Gasteiger partial charge on any atom is -0.317 e. The second kappa shape index (κ2) is 7.07. The molecule has 0 fully saturated rings. The third-order valence-electron chi connectivity index (χ3n) is 1.85. The standard InChI is InChI=1S/C9H21N/c1-4-6-9(3)7-8-10-5-2/h9-10H,4-8H2,1-3H3. The van der Waals surface area contributed by atoms with Gasteiger partial charge in [0.25, 0.3) is 0 Å². The van der Waals surface area contributed by atoms with Crippen molar-refractivity contribution in [3.8, 4) is 0 Å². The molecule has 0 saturated carbocycles. The van der Waals surface area contributed by atoms with Crippen molar-refractivity contribution in [2.45, 2.75) is 40.0 Å². The molecule has 1 nitrogen and oxygen atoms in total. The summed E-state index contributed by atoms with van der Waals surface area (Å²) in [6.07, 6.45) is 4.04. The highest BCUT2D eigenvalue weighted by Gasteiger charge is 1.97. The Morgan fingerprint density at radius 3 is 2.40 bits per heavy atom. The van der Waals surface area contributed by atoms with E-state index in [4.69, 9.17) is 0 Å². The van der Waals surface area contributed by atoms with Crippen LogP contribution < -0.4 is 5.32 Å². The second-order valence-corrected chi connectivity index (χ2v) is 3.04. The van der Waals surface area contributed by atoms with Crippen LogP contribution in [0.5, 0.6) is 0 Å². The molecule has 0 aromatic heterocycles. The highest BCUT2D eigenvalue weighted by Crippen LogP contribution is 2.07. The molecule has 1 N–H and O–H groups in total. The first-order chi connectivity index (χ1) is 4.81. The minimum atomic E-state index is 0.907. The van der Waals surface area contributed by atoms with Crippen LogP contribution >= 0.6 is 0 Å². The number of nitrogens with one attached hydrogen (secondary N) is 1. The van der Waals surface area contributed by atoms with E-state index in [0.29, 0.717) is 0 Å². The Hall–Kier alpha value is -0.0400. The maximum atomic E-state index is 3.34. The quantitative estimate of drug-likeness (QED) is 0.563. The average molecular weight is 143 g/mol. The third kappa shape index (κ3) is 6.09. The predicted molar refractivity (Wildman–Crippen MR) is 47.2 cm³/mol. The number of hydrogen-bond donors (Lipinski definition) is 1. The fourth-order valence-corrected chi connectivity index (χ4v) is 1.16. The molecule has 1 unspecified atom stereocenters. The van der Waals surface area contributed by atoms with Crippen LogP contribution in [0.3, 0.4) is 0 Å². The van der Waals surface area contributed by atoms with E-state index < -0.39 is 0 Å². The van der Waals surface area contributed by atoms with Gasteiger partial charge in [-0.3, -0.25) is 0 Å². The van der Waals surface area contributed by atoms with Gasteiger partial charge in [-0.15, -0.1) is 0 Å². The normalized spacial score (nSPS) is 13.5. The van der Waals surface area contributed by atoms with E-state index >= 15 is 0 Å². The summed E-state index contributed by atoms with van der Waals surface area (Å²) in [7, 11) is 0. The molecule has 0 aromatic carbocycles. The van der Waals surface area contributed by atoms with E-state index in [0.717, 1.165) is 12.5 Å². The van der Waals surface area contributed by atoms with Crippen LogP contribution in [0.15, 0.2) is 0 Å². The van der Waals surface area contributed by atoms with E-state index in [1.54, 1.807) is 0 Å². The van der Waals surface area contributed by atoms with Crippen LogP contribution in [0.1, 0.15) is 40.0 Å². The molecule has 62 valence electrons. The van der Waals surface area contributed by atoms with Crippen LogP contribution in [0.2, 0.25) is 0 Å². The second-order valence-electron chi connectivity index (χ2n) is 3.04. The van der Waals surface area contributed by atoms with Crippen LogP contribution in [0, 0.1) is 5.92 Å². The maximum absolute atomic E-state index is 3.34. The fraction of sp³-hybridized carbons (Fsp3) is 1.00. The lowest BCUT2D eigenvalue weighted by Gasteiger charge is -2.08. The highest BCUT2D eigenvalue weighted by atomic mass is 14.8. The van der Waals surface area contributed by atoms with Gasteiger partial charge < -0.3 is 5.32 Å². The summed E-state index contributed by atoms with van der Waals surface area (Å²) < 4.78 is 0. The molecule has 0 aliphatic carbocycles. The predicted octanol–water partition coefficient (Wildman–Crippen LogP) is 2.42. The van der Waals surface area contributed by atoms with Crippen molar-refractivity contribution in [1.29, 1.82) is 0 Å². The van der Waals surface area contributed by atoms with Crippen LogP contribution in [-0.4, -0.2) is 13.1 Å². The third-order valence-corrected chi connectivity index (χ3v) is 1.85. The molecule has 1 heteroatoms. The topological polar surface area (TPSA) is 12.0 Å². The van der Waals surface area contributed by atoms with Gasteiger partial charge in [0.15, 0.2) is 0 Å². The Balaban J connectivity index is 2.97. The maximum Gasteiger partial charge on any atom is -0.00465 e. The molecule has 0 amide bonds. The molecule has 1 atom stereocenters. The van der Waals surface area contributed by atoms with Crippen molar-refractivity contribution in [1.82, 2.24) is 5.32 Å². The number of rotatable bonds is 6. The van der Waals surface area contributed by atoms with Crippen molar-refractivity contribution in [2.75, 3.05) is 13.1 Å². The molecule has 0 bridgehead atoms. The van der Waals surface area contributed by atoms with E-state index in [1.165, 1.54) is 25.8 Å². The summed E-state index contributed by atoms with van der Waals surface area (Å²) >= 11 is 0. The van der Waals surface area contributed by atoms with E-state index in [-0.39, 0.29) is 0 Å². The molecule has 0 aliphatic heterocycles. The highest BCUT2D eigenvalue weighted by molar-refractivity contribution is 4.53. The summed E-state index contributed by atoms with van der Waals surface area (Å²) in [6, 6.07) is 0. The van der Waals surface area contributed by atoms with E-state index in [1.807, 2.05) is 0 Å². The Morgan fingerprint density at radius 1 is 1.20 bits per heavy atom. The van der Waals surface area contributed by atoms with Crippen LogP contribution in [-0.2, 0) is 0 Å². The summed E-state index contributed by atoms with van der Waals surface area (Å²) in [5, 5.41) is 3.34. The van der Waals surface area contributed by atoms with Crippen molar-refractivity contribution in [3.63, 3.8) is 0 Å². The molecular formula is C9H21N. The molecule has 0 heterocycles. The zero-order valence-electron chi connectivity index (χ0n) is 7.61. The lowest BCUT2D eigenvalue weighted by molar-refractivity contribution is 0.469. The Bertz CT molecular complexity index is 61.7. The van der Waals surface area contributed by atoms with Crippen molar-refractivity contribution < 1.29 is 0 Å². The van der Waals surface area contributed by atoms with Gasteiger partial charge in [0.05, 0.1) is 0 Å². The lowest BCUT2D eigenvalue weighted by atomic mass is 10.0. The molecule has 10 heavy (non-hydrogen) atoms. The van der Waals surface area contributed by atoms with Gasteiger partial charge in [0.1, 0.15) is 0 Å². The molecule has 0 aliphatic rings. The molecule has 0 aromatic rings. The monoisotopic (exact) mass is 143 g/mol. The first-order valence-electron chi connectivity index (χ1n) is 4.52. The van der Waals surface area contributed by atoms with Gasteiger partial charge in [-0.25, -0.2) is 0 Å². The molecule has 0 saturated heterocycles. The summed E-state index contributed by atoms with van der Waals surface area (Å²) in [5.41, 5.74) is 0. The summed E-state index contributed by atoms with van der Waals surface area (Å²) in [4.78, 5) is 0. The minimum absolute atomic E-state index is 0.907. The van der Waals surface area contributed by atoms with Gasteiger partial charge in [-0.1, -0.05) is 33.6 Å².